The molecule has 0 radical (unpaired) electrons. The first kappa shape index (κ1) is 14.6. The number of nitrogen functional groups attached to an aromatic ring is 1. The van der Waals surface area contributed by atoms with Gasteiger partial charge in [-0.25, -0.2) is 0 Å². The average molecular weight is 274 g/mol. The van der Waals surface area contributed by atoms with Crippen LogP contribution in [0, 0.1) is 5.92 Å². The molecule has 1 aromatic carbocycles. The van der Waals surface area contributed by atoms with Gasteiger partial charge in [0.25, 0.3) is 0 Å². The van der Waals surface area contributed by atoms with Gasteiger partial charge in [0, 0.05) is 12.1 Å². The number of hydrogen-bond donors (Lipinski definition) is 2. The van der Waals surface area contributed by atoms with Crippen molar-refractivity contribution in [3.8, 4) is 0 Å². The largest absolute Gasteiger partial charge is 0.399 e. The number of nitrogens with two attached hydrogens (primary N) is 1. The van der Waals surface area contributed by atoms with E-state index in [-0.39, 0.29) is 17.7 Å². The Bertz CT molecular complexity index is 510. The van der Waals surface area contributed by atoms with E-state index in [1.54, 1.807) is 0 Å². The van der Waals surface area contributed by atoms with Crippen LogP contribution in [0.5, 0.6) is 0 Å². The van der Waals surface area contributed by atoms with Gasteiger partial charge in [-0.05, 0) is 36.5 Å². The number of amides is 2. The van der Waals surface area contributed by atoms with Gasteiger partial charge in [-0.15, -0.1) is 0 Å². The van der Waals surface area contributed by atoms with Crippen LogP contribution in [-0.2, 0) is 15.0 Å². The van der Waals surface area contributed by atoms with Crippen molar-refractivity contribution in [3.05, 3.63) is 29.8 Å². The standard InChI is InChI=1S/C16H22N2O2/c1-3-5-12-10-14(19)18-15(20)16(12,4-2)11-6-8-13(17)9-7-11/h6-9,12H,3-5,10,17H2,1-2H3,(H,18,19,20)/t12-,16+/m1/s1. The summed E-state index contributed by atoms with van der Waals surface area (Å²) < 4.78 is 0. The van der Waals surface area contributed by atoms with E-state index in [0.717, 1.165) is 18.4 Å². The van der Waals surface area contributed by atoms with E-state index in [1.807, 2.05) is 31.2 Å². The number of piperidine rings is 1. The number of anilines is 1. The van der Waals surface area contributed by atoms with E-state index >= 15 is 0 Å². The van der Waals surface area contributed by atoms with Crippen molar-refractivity contribution in [1.82, 2.24) is 5.32 Å². The van der Waals surface area contributed by atoms with Gasteiger partial charge >= 0.3 is 0 Å². The first-order valence-electron chi connectivity index (χ1n) is 7.24. The van der Waals surface area contributed by atoms with Crippen LogP contribution in [0.2, 0.25) is 0 Å². The highest BCUT2D eigenvalue weighted by molar-refractivity contribution is 6.04. The minimum Gasteiger partial charge on any atom is -0.399 e. The second-order valence-electron chi connectivity index (χ2n) is 5.51. The Kier molecular flexibility index (Phi) is 4.12. The smallest absolute Gasteiger partial charge is 0.237 e. The number of rotatable bonds is 4. The molecule has 2 amide bonds. The van der Waals surface area contributed by atoms with Crippen LogP contribution in [0.25, 0.3) is 0 Å². The van der Waals surface area contributed by atoms with Gasteiger partial charge in [-0.1, -0.05) is 32.4 Å². The molecule has 1 aliphatic heterocycles. The third-order valence-corrected chi connectivity index (χ3v) is 4.41. The average Bonchev–Trinajstić information content (AvgIpc) is 2.41. The third kappa shape index (κ3) is 2.30. The third-order valence-electron chi connectivity index (χ3n) is 4.41. The van der Waals surface area contributed by atoms with E-state index in [2.05, 4.69) is 12.2 Å². The summed E-state index contributed by atoms with van der Waals surface area (Å²) in [7, 11) is 0. The van der Waals surface area contributed by atoms with Crippen molar-refractivity contribution in [2.24, 2.45) is 5.92 Å². The minimum atomic E-state index is -0.613. The molecule has 0 aromatic heterocycles. The summed E-state index contributed by atoms with van der Waals surface area (Å²) in [5, 5.41) is 2.51. The molecular formula is C16H22N2O2. The normalized spacial score (nSPS) is 26.4. The van der Waals surface area contributed by atoms with Gasteiger partial charge in [-0.2, -0.15) is 0 Å². The molecule has 0 saturated carbocycles. The number of imide groups is 1. The highest BCUT2D eigenvalue weighted by Crippen LogP contribution is 2.42. The van der Waals surface area contributed by atoms with Crippen molar-refractivity contribution >= 4 is 17.5 Å². The lowest BCUT2D eigenvalue weighted by Gasteiger charge is -2.42. The van der Waals surface area contributed by atoms with E-state index in [4.69, 9.17) is 5.73 Å². The monoisotopic (exact) mass is 274 g/mol. The van der Waals surface area contributed by atoms with Gasteiger partial charge in [0.05, 0.1) is 5.41 Å². The molecule has 1 aromatic rings. The van der Waals surface area contributed by atoms with Gasteiger partial charge in [0.2, 0.25) is 11.8 Å². The lowest BCUT2D eigenvalue weighted by molar-refractivity contribution is -0.141. The number of carbonyl (C=O) groups is 2. The molecular weight excluding hydrogens is 252 g/mol. The lowest BCUT2D eigenvalue weighted by Crippen LogP contribution is -2.56. The van der Waals surface area contributed by atoms with Crippen LogP contribution in [0.1, 0.15) is 45.1 Å². The van der Waals surface area contributed by atoms with E-state index in [0.29, 0.717) is 18.5 Å². The molecule has 0 aliphatic carbocycles. The molecule has 2 rings (SSSR count). The molecule has 1 fully saturated rings. The SMILES string of the molecule is CCC[C@@H]1CC(=O)NC(=O)[C@@]1(CC)c1ccc(N)cc1. The fraction of sp³-hybridized carbons (Fsp3) is 0.500. The summed E-state index contributed by atoms with van der Waals surface area (Å²) in [6.45, 7) is 4.09. The number of carbonyl (C=O) groups excluding carboxylic acids is 2. The topological polar surface area (TPSA) is 72.2 Å². The van der Waals surface area contributed by atoms with Crippen molar-refractivity contribution in [1.29, 1.82) is 0 Å². The zero-order chi connectivity index (χ0) is 14.8. The van der Waals surface area contributed by atoms with Crippen LogP contribution >= 0.6 is 0 Å². The van der Waals surface area contributed by atoms with Crippen molar-refractivity contribution < 1.29 is 9.59 Å². The maximum absolute atomic E-state index is 12.6. The fourth-order valence-electron chi connectivity index (χ4n) is 3.37. The Labute approximate surface area is 119 Å². The quantitative estimate of drug-likeness (QED) is 0.654. The fourth-order valence-corrected chi connectivity index (χ4v) is 3.37. The van der Waals surface area contributed by atoms with Crippen LogP contribution < -0.4 is 11.1 Å². The molecule has 2 atom stereocenters. The molecule has 108 valence electrons. The van der Waals surface area contributed by atoms with E-state index in [1.165, 1.54) is 0 Å². The molecule has 0 spiro atoms. The molecule has 0 unspecified atom stereocenters. The zero-order valence-electron chi connectivity index (χ0n) is 12.1. The number of benzene rings is 1. The molecule has 0 bridgehead atoms. The maximum Gasteiger partial charge on any atom is 0.237 e. The highest BCUT2D eigenvalue weighted by Gasteiger charge is 2.49. The van der Waals surface area contributed by atoms with Gasteiger partial charge in [0.15, 0.2) is 0 Å². The van der Waals surface area contributed by atoms with Crippen LogP contribution in [0.4, 0.5) is 5.69 Å². The molecule has 4 nitrogen and oxygen atoms in total. The van der Waals surface area contributed by atoms with Gasteiger partial charge in [0.1, 0.15) is 0 Å². The first-order chi connectivity index (χ1) is 9.54. The first-order valence-corrected chi connectivity index (χ1v) is 7.24. The highest BCUT2D eigenvalue weighted by atomic mass is 16.2. The molecule has 1 saturated heterocycles. The van der Waals surface area contributed by atoms with Crippen molar-refractivity contribution in [3.63, 3.8) is 0 Å². The second-order valence-corrected chi connectivity index (χ2v) is 5.51. The summed E-state index contributed by atoms with van der Waals surface area (Å²) in [4.78, 5) is 24.3. The molecule has 20 heavy (non-hydrogen) atoms. The van der Waals surface area contributed by atoms with Crippen molar-refractivity contribution in [2.45, 2.75) is 44.9 Å². The van der Waals surface area contributed by atoms with Crippen LogP contribution in [-0.4, -0.2) is 11.8 Å². The zero-order valence-corrected chi connectivity index (χ0v) is 12.1. The minimum absolute atomic E-state index is 0.0578. The van der Waals surface area contributed by atoms with Gasteiger partial charge < -0.3 is 5.73 Å². The predicted molar refractivity (Wildman–Crippen MR) is 79.0 cm³/mol. The van der Waals surface area contributed by atoms with E-state index < -0.39 is 5.41 Å². The Morgan fingerprint density at radius 1 is 1.25 bits per heavy atom. The molecule has 4 heteroatoms. The van der Waals surface area contributed by atoms with Crippen LogP contribution in [0.3, 0.4) is 0 Å². The second kappa shape index (κ2) is 5.65. The molecule has 1 heterocycles. The lowest BCUT2D eigenvalue weighted by atomic mass is 9.63. The Balaban J connectivity index is 2.50. The summed E-state index contributed by atoms with van der Waals surface area (Å²) in [5.41, 5.74) is 6.76. The van der Waals surface area contributed by atoms with Gasteiger partial charge in [-0.3, -0.25) is 14.9 Å². The predicted octanol–water partition coefficient (Wildman–Crippen LogP) is 2.38. The Morgan fingerprint density at radius 3 is 2.45 bits per heavy atom. The summed E-state index contributed by atoms with van der Waals surface area (Å²) >= 11 is 0. The number of nitrogens with one attached hydrogen (secondary N) is 1. The van der Waals surface area contributed by atoms with E-state index in [9.17, 15) is 9.59 Å². The van der Waals surface area contributed by atoms with Crippen LogP contribution in [0.15, 0.2) is 24.3 Å². The summed E-state index contributed by atoms with van der Waals surface area (Å²) in [6.07, 6.45) is 2.93. The molecule has 1 aliphatic rings. The van der Waals surface area contributed by atoms with Crippen molar-refractivity contribution in [2.75, 3.05) is 5.73 Å². The molecule has 3 N–H and O–H groups in total. The maximum atomic E-state index is 12.6. The Hall–Kier alpha value is -1.84. The summed E-state index contributed by atoms with van der Waals surface area (Å²) in [6, 6.07) is 7.46. The number of hydrogen-bond acceptors (Lipinski definition) is 3. The summed E-state index contributed by atoms with van der Waals surface area (Å²) in [5.74, 6) is -0.269. The Morgan fingerprint density at radius 2 is 1.90 bits per heavy atom.